The molecule has 0 aromatic heterocycles. The average molecular weight is 270 g/mol. The molecule has 1 unspecified atom stereocenters. The largest absolute Gasteiger partial charge is 0.489 e. The molecule has 6 heteroatoms. The normalized spacial score (nSPS) is 21.7. The lowest BCUT2D eigenvalue weighted by Gasteiger charge is -2.12. The van der Waals surface area contributed by atoms with Gasteiger partial charge in [-0.1, -0.05) is 12.1 Å². The van der Waals surface area contributed by atoms with Crippen LogP contribution in [0.4, 0.5) is 0 Å². The van der Waals surface area contributed by atoms with E-state index in [2.05, 4.69) is 0 Å². The Morgan fingerprint density at radius 2 is 2.22 bits per heavy atom. The van der Waals surface area contributed by atoms with Crippen molar-refractivity contribution in [2.24, 2.45) is 0 Å². The van der Waals surface area contributed by atoms with Crippen LogP contribution in [-0.2, 0) is 21.1 Å². The van der Waals surface area contributed by atoms with Crippen molar-refractivity contribution in [3.05, 3.63) is 29.8 Å². The molecule has 1 heterocycles. The average Bonchev–Trinajstić information content (AvgIpc) is 2.57. The van der Waals surface area contributed by atoms with Crippen LogP contribution in [0.1, 0.15) is 12.0 Å². The van der Waals surface area contributed by atoms with Crippen molar-refractivity contribution in [1.82, 2.24) is 0 Å². The van der Waals surface area contributed by atoms with Gasteiger partial charge in [0, 0.05) is 0 Å². The van der Waals surface area contributed by atoms with Gasteiger partial charge >= 0.3 is 5.97 Å². The Labute approximate surface area is 105 Å². The van der Waals surface area contributed by atoms with Gasteiger partial charge in [0.1, 0.15) is 11.9 Å². The minimum atomic E-state index is -2.96. The highest BCUT2D eigenvalue weighted by molar-refractivity contribution is 7.91. The lowest BCUT2D eigenvalue weighted by molar-refractivity contribution is -0.136. The number of aliphatic carboxylic acids is 1. The molecule has 1 aromatic rings. The molecule has 18 heavy (non-hydrogen) atoms. The number of ether oxygens (including phenoxy) is 1. The highest BCUT2D eigenvalue weighted by Gasteiger charge is 2.29. The minimum absolute atomic E-state index is 0.0379. The number of carboxylic acids is 1. The second-order valence-electron chi connectivity index (χ2n) is 4.36. The predicted octanol–water partition coefficient (Wildman–Crippen LogP) is 0.880. The van der Waals surface area contributed by atoms with Gasteiger partial charge in [-0.2, -0.15) is 0 Å². The van der Waals surface area contributed by atoms with Crippen LogP contribution in [-0.4, -0.2) is 37.1 Å². The van der Waals surface area contributed by atoms with Crippen LogP contribution in [0.5, 0.6) is 5.75 Å². The molecule has 1 aromatic carbocycles. The third-order valence-electron chi connectivity index (χ3n) is 2.75. The summed E-state index contributed by atoms with van der Waals surface area (Å²) in [6.07, 6.45) is 0.0983. The molecule has 0 amide bonds. The molecule has 5 nitrogen and oxygen atoms in total. The number of benzene rings is 1. The van der Waals surface area contributed by atoms with E-state index < -0.39 is 15.8 Å². The molecular weight excluding hydrogens is 256 g/mol. The Morgan fingerprint density at radius 3 is 2.83 bits per heavy atom. The lowest BCUT2D eigenvalue weighted by Crippen LogP contribution is -2.17. The van der Waals surface area contributed by atoms with Gasteiger partial charge in [-0.05, 0) is 24.1 Å². The fraction of sp³-hybridized carbons (Fsp3) is 0.417. The molecular formula is C12H14O5S. The highest BCUT2D eigenvalue weighted by atomic mass is 32.2. The first-order chi connectivity index (χ1) is 8.44. The molecule has 1 fully saturated rings. The number of carbonyl (C=O) groups is 1. The maximum Gasteiger partial charge on any atom is 0.307 e. The predicted molar refractivity (Wildman–Crippen MR) is 65.5 cm³/mol. The SMILES string of the molecule is O=C(O)Cc1cccc(OC2CCS(=O)(=O)C2)c1. The molecule has 98 valence electrons. The number of rotatable bonds is 4. The van der Waals surface area contributed by atoms with Gasteiger partial charge in [-0.15, -0.1) is 0 Å². The second-order valence-corrected chi connectivity index (χ2v) is 6.59. The fourth-order valence-electron chi connectivity index (χ4n) is 1.95. The maximum absolute atomic E-state index is 11.3. The molecule has 0 saturated carbocycles. The number of hydrogen-bond acceptors (Lipinski definition) is 4. The molecule has 1 aliphatic rings. The Bertz CT molecular complexity index is 549. The maximum atomic E-state index is 11.3. The summed E-state index contributed by atoms with van der Waals surface area (Å²) in [6.45, 7) is 0. The third-order valence-corrected chi connectivity index (χ3v) is 4.48. The quantitative estimate of drug-likeness (QED) is 0.878. The summed E-state index contributed by atoms with van der Waals surface area (Å²) >= 11 is 0. The topological polar surface area (TPSA) is 80.7 Å². The van der Waals surface area contributed by atoms with Crippen molar-refractivity contribution >= 4 is 15.8 Å². The first-order valence-electron chi connectivity index (χ1n) is 5.62. The van der Waals surface area contributed by atoms with Gasteiger partial charge in [0.05, 0.1) is 17.9 Å². The molecule has 1 N–H and O–H groups in total. The van der Waals surface area contributed by atoms with E-state index in [1.54, 1.807) is 24.3 Å². The van der Waals surface area contributed by atoms with Crippen LogP contribution in [0.2, 0.25) is 0 Å². The molecule has 1 saturated heterocycles. The first kappa shape index (κ1) is 12.9. The van der Waals surface area contributed by atoms with E-state index in [1.807, 2.05) is 0 Å². The van der Waals surface area contributed by atoms with E-state index in [-0.39, 0.29) is 24.0 Å². The minimum Gasteiger partial charge on any atom is -0.489 e. The smallest absolute Gasteiger partial charge is 0.307 e. The van der Waals surface area contributed by atoms with E-state index in [0.717, 1.165) is 0 Å². The van der Waals surface area contributed by atoms with Crippen LogP contribution in [0.15, 0.2) is 24.3 Å². The zero-order chi connectivity index (χ0) is 13.2. The summed E-state index contributed by atoms with van der Waals surface area (Å²) < 4.78 is 28.1. The highest BCUT2D eigenvalue weighted by Crippen LogP contribution is 2.21. The number of sulfone groups is 1. The van der Waals surface area contributed by atoms with Crippen LogP contribution >= 0.6 is 0 Å². The molecule has 0 bridgehead atoms. The first-order valence-corrected chi connectivity index (χ1v) is 7.44. The zero-order valence-electron chi connectivity index (χ0n) is 9.70. The molecule has 0 radical (unpaired) electrons. The van der Waals surface area contributed by atoms with Crippen LogP contribution in [0.3, 0.4) is 0 Å². The Kier molecular flexibility index (Phi) is 3.56. The molecule has 2 rings (SSSR count). The fourth-order valence-corrected chi connectivity index (χ4v) is 3.54. The van der Waals surface area contributed by atoms with Crippen LogP contribution in [0.25, 0.3) is 0 Å². The molecule has 1 atom stereocenters. The van der Waals surface area contributed by atoms with Gasteiger partial charge in [0.25, 0.3) is 0 Å². The van der Waals surface area contributed by atoms with Crippen molar-refractivity contribution in [3.8, 4) is 5.75 Å². The van der Waals surface area contributed by atoms with E-state index >= 15 is 0 Å². The Hall–Kier alpha value is -1.56. The van der Waals surface area contributed by atoms with Crippen molar-refractivity contribution in [1.29, 1.82) is 0 Å². The molecule has 0 spiro atoms. The number of carboxylic acid groups (broad SMARTS) is 1. The summed E-state index contributed by atoms with van der Waals surface area (Å²) in [5, 5.41) is 8.69. The van der Waals surface area contributed by atoms with Gasteiger partial charge in [0.15, 0.2) is 9.84 Å². The van der Waals surface area contributed by atoms with E-state index in [1.165, 1.54) is 0 Å². The molecule has 0 aliphatic carbocycles. The van der Waals surface area contributed by atoms with Crippen LogP contribution in [0, 0.1) is 0 Å². The van der Waals surface area contributed by atoms with Crippen molar-refractivity contribution in [2.45, 2.75) is 18.9 Å². The van der Waals surface area contributed by atoms with Crippen LogP contribution < -0.4 is 4.74 Å². The number of hydrogen-bond donors (Lipinski definition) is 1. The second kappa shape index (κ2) is 4.97. The molecule has 1 aliphatic heterocycles. The van der Waals surface area contributed by atoms with Crippen molar-refractivity contribution in [3.63, 3.8) is 0 Å². The summed E-state index contributed by atoms with van der Waals surface area (Å²) in [5.41, 5.74) is 0.640. The summed E-state index contributed by atoms with van der Waals surface area (Å²) in [4.78, 5) is 10.6. The summed E-state index contributed by atoms with van der Waals surface area (Å²) in [7, 11) is -2.96. The van der Waals surface area contributed by atoms with Crippen molar-refractivity contribution in [2.75, 3.05) is 11.5 Å². The van der Waals surface area contributed by atoms with Gasteiger partial charge in [-0.25, -0.2) is 8.42 Å². The van der Waals surface area contributed by atoms with Gasteiger partial charge < -0.3 is 9.84 Å². The van der Waals surface area contributed by atoms with Gasteiger partial charge in [-0.3, -0.25) is 4.79 Å². The Balaban J connectivity index is 2.04. The summed E-state index contributed by atoms with van der Waals surface area (Å²) in [5.74, 6) is -0.186. The Morgan fingerprint density at radius 1 is 1.44 bits per heavy atom. The monoisotopic (exact) mass is 270 g/mol. The van der Waals surface area contributed by atoms with E-state index in [4.69, 9.17) is 9.84 Å². The standard InChI is InChI=1S/C12H14O5S/c13-12(14)7-9-2-1-3-10(6-9)17-11-4-5-18(15,16)8-11/h1-3,6,11H,4-5,7-8H2,(H,13,14). The third kappa shape index (κ3) is 3.46. The van der Waals surface area contributed by atoms with Gasteiger partial charge in [0.2, 0.25) is 0 Å². The van der Waals surface area contributed by atoms with E-state index in [9.17, 15) is 13.2 Å². The van der Waals surface area contributed by atoms with Crippen molar-refractivity contribution < 1.29 is 23.1 Å². The lowest BCUT2D eigenvalue weighted by atomic mass is 10.1. The van der Waals surface area contributed by atoms with E-state index in [0.29, 0.717) is 17.7 Å². The zero-order valence-corrected chi connectivity index (χ0v) is 10.5. The summed E-state index contributed by atoms with van der Waals surface area (Å²) in [6, 6.07) is 6.75.